The highest BCUT2D eigenvalue weighted by molar-refractivity contribution is 7.92. The van der Waals surface area contributed by atoms with Gasteiger partial charge < -0.3 is 9.84 Å². The first-order chi connectivity index (χ1) is 19.3. The standard InChI is InChI=1S/C31H43FN2O5S/c1-39-29-19-26(31(35)36)27(32)20-28(29)34-40(37,38)30-18-17-25(21-33-30)24-14-10-9-13-23(15-16-24)22-11-7-5-3-2-4-6-8-12-22/h17-24,34H,2-16H2,1H3,(H,35,36). The Bertz CT molecular complexity index is 1230. The van der Waals surface area contributed by atoms with Crippen LogP contribution < -0.4 is 9.46 Å². The Labute approximate surface area is 238 Å². The van der Waals surface area contributed by atoms with Crippen LogP contribution in [0.2, 0.25) is 0 Å². The van der Waals surface area contributed by atoms with Crippen molar-refractivity contribution in [3.8, 4) is 5.75 Å². The molecule has 4 rings (SSSR count). The van der Waals surface area contributed by atoms with E-state index >= 15 is 0 Å². The molecule has 0 amide bonds. The van der Waals surface area contributed by atoms with Crippen molar-refractivity contribution in [1.82, 2.24) is 4.98 Å². The number of halogens is 1. The minimum absolute atomic E-state index is 0.0986. The fraction of sp³-hybridized carbons (Fsp3) is 0.613. The lowest BCUT2D eigenvalue weighted by Gasteiger charge is -2.32. The number of benzene rings is 1. The van der Waals surface area contributed by atoms with Crippen molar-refractivity contribution in [2.75, 3.05) is 11.8 Å². The van der Waals surface area contributed by atoms with Gasteiger partial charge in [0.25, 0.3) is 10.0 Å². The monoisotopic (exact) mass is 574 g/mol. The molecule has 0 bridgehead atoms. The highest BCUT2D eigenvalue weighted by Crippen LogP contribution is 2.39. The first-order valence-electron chi connectivity index (χ1n) is 14.9. The van der Waals surface area contributed by atoms with Gasteiger partial charge in [-0.15, -0.1) is 0 Å². The van der Waals surface area contributed by atoms with Crippen LogP contribution in [-0.2, 0) is 10.0 Å². The van der Waals surface area contributed by atoms with Gasteiger partial charge in [0.15, 0.2) is 5.03 Å². The second-order valence-corrected chi connectivity index (χ2v) is 13.1. The molecule has 1 aromatic carbocycles. The number of aromatic carboxylic acids is 1. The van der Waals surface area contributed by atoms with Crippen LogP contribution in [0.5, 0.6) is 5.75 Å². The van der Waals surface area contributed by atoms with Crippen LogP contribution in [0.4, 0.5) is 10.1 Å². The number of carbonyl (C=O) groups is 1. The Morgan fingerprint density at radius 1 is 0.900 bits per heavy atom. The van der Waals surface area contributed by atoms with Gasteiger partial charge in [-0.2, -0.15) is 8.42 Å². The molecular weight excluding hydrogens is 531 g/mol. The van der Waals surface area contributed by atoms with Gasteiger partial charge in [-0.05, 0) is 54.7 Å². The Kier molecular flexibility index (Phi) is 10.8. The van der Waals surface area contributed by atoms with Crippen molar-refractivity contribution in [3.05, 3.63) is 47.4 Å². The van der Waals surface area contributed by atoms with E-state index in [1.54, 1.807) is 6.20 Å². The molecule has 220 valence electrons. The van der Waals surface area contributed by atoms with Crippen molar-refractivity contribution >= 4 is 21.7 Å². The van der Waals surface area contributed by atoms with Crippen LogP contribution in [0.25, 0.3) is 0 Å². The Morgan fingerprint density at radius 3 is 2.10 bits per heavy atom. The molecule has 2 aromatic rings. The van der Waals surface area contributed by atoms with Gasteiger partial charge in [-0.25, -0.2) is 14.2 Å². The summed E-state index contributed by atoms with van der Waals surface area (Å²) >= 11 is 0. The summed E-state index contributed by atoms with van der Waals surface area (Å²) in [6.07, 6.45) is 21.2. The number of nitrogens with one attached hydrogen (secondary N) is 1. The molecule has 2 aliphatic carbocycles. The first kappa shape index (κ1) is 30.3. The number of nitrogens with zero attached hydrogens (tertiary/aromatic N) is 1. The summed E-state index contributed by atoms with van der Waals surface area (Å²) in [6, 6.07) is 5.09. The van der Waals surface area contributed by atoms with E-state index < -0.39 is 27.4 Å². The maximum Gasteiger partial charge on any atom is 0.338 e. The lowest BCUT2D eigenvalue weighted by Crippen LogP contribution is -2.19. The average Bonchev–Trinajstić information content (AvgIpc) is 2.92. The van der Waals surface area contributed by atoms with Crippen molar-refractivity contribution < 1.29 is 27.4 Å². The highest BCUT2D eigenvalue weighted by atomic mass is 32.2. The van der Waals surface area contributed by atoms with Crippen LogP contribution in [0.15, 0.2) is 35.5 Å². The molecule has 2 unspecified atom stereocenters. The molecule has 9 heteroatoms. The van der Waals surface area contributed by atoms with E-state index in [9.17, 15) is 17.6 Å². The third kappa shape index (κ3) is 7.95. The SMILES string of the molecule is COc1cc(C(=O)O)c(F)cc1NS(=O)(=O)c1ccc(C2CCCCC(C3CCCCCCCCC3)CC2)cn1. The highest BCUT2D eigenvalue weighted by Gasteiger charge is 2.26. The van der Waals surface area contributed by atoms with E-state index in [0.717, 1.165) is 42.4 Å². The molecule has 1 aromatic heterocycles. The molecule has 2 saturated carbocycles. The molecule has 1 heterocycles. The van der Waals surface area contributed by atoms with Crippen LogP contribution in [0.1, 0.15) is 118 Å². The average molecular weight is 575 g/mol. The smallest absolute Gasteiger partial charge is 0.338 e. The van der Waals surface area contributed by atoms with Gasteiger partial charge in [0, 0.05) is 12.3 Å². The van der Waals surface area contributed by atoms with E-state index in [2.05, 4.69) is 9.71 Å². The number of pyridine rings is 1. The Morgan fingerprint density at radius 2 is 1.50 bits per heavy atom. The maximum absolute atomic E-state index is 14.2. The molecule has 2 atom stereocenters. The summed E-state index contributed by atoms with van der Waals surface area (Å²) in [5.74, 6) is -0.668. The number of aromatic nitrogens is 1. The molecule has 0 radical (unpaired) electrons. The van der Waals surface area contributed by atoms with Gasteiger partial charge in [0.1, 0.15) is 11.6 Å². The van der Waals surface area contributed by atoms with E-state index in [1.165, 1.54) is 96.6 Å². The lowest BCUT2D eigenvalue weighted by atomic mass is 9.74. The molecule has 0 aliphatic heterocycles. The number of methoxy groups -OCH3 is 1. The van der Waals surface area contributed by atoms with E-state index in [0.29, 0.717) is 5.92 Å². The van der Waals surface area contributed by atoms with E-state index in [-0.39, 0.29) is 16.5 Å². The maximum atomic E-state index is 14.2. The minimum Gasteiger partial charge on any atom is -0.495 e. The molecule has 2 fully saturated rings. The first-order valence-corrected chi connectivity index (χ1v) is 16.4. The number of sulfonamides is 1. The van der Waals surface area contributed by atoms with Gasteiger partial charge in [0.05, 0.1) is 18.4 Å². The van der Waals surface area contributed by atoms with Gasteiger partial charge in [-0.3, -0.25) is 4.72 Å². The van der Waals surface area contributed by atoms with Crippen LogP contribution in [0.3, 0.4) is 0 Å². The lowest BCUT2D eigenvalue weighted by molar-refractivity contribution is 0.0691. The predicted octanol–water partition coefficient (Wildman–Crippen LogP) is 7.92. The zero-order valence-corrected chi connectivity index (χ0v) is 24.4. The van der Waals surface area contributed by atoms with Crippen LogP contribution >= 0.6 is 0 Å². The van der Waals surface area contributed by atoms with Crippen molar-refractivity contribution in [2.45, 2.75) is 107 Å². The molecular formula is C31H43FN2O5S. The summed E-state index contributed by atoms with van der Waals surface area (Å²) in [6.45, 7) is 0. The van der Waals surface area contributed by atoms with E-state index in [4.69, 9.17) is 9.84 Å². The molecule has 40 heavy (non-hydrogen) atoms. The van der Waals surface area contributed by atoms with Crippen LogP contribution in [0, 0.1) is 17.7 Å². The zero-order chi connectivity index (χ0) is 28.5. The van der Waals surface area contributed by atoms with Gasteiger partial charge >= 0.3 is 5.97 Å². The number of hydrogen-bond acceptors (Lipinski definition) is 5. The number of carboxylic acid groups (broad SMARTS) is 1. The van der Waals surface area contributed by atoms with E-state index in [1.807, 2.05) is 6.07 Å². The fourth-order valence-electron chi connectivity index (χ4n) is 6.57. The summed E-state index contributed by atoms with van der Waals surface area (Å²) in [5, 5.41) is 8.94. The summed E-state index contributed by atoms with van der Waals surface area (Å²) in [5.41, 5.74) is 0.256. The van der Waals surface area contributed by atoms with Crippen molar-refractivity contribution in [2.24, 2.45) is 11.8 Å². The Hall–Kier alpha value is -2.68. The number of rotatable bonds is 7. The number of hydrogen-bond donors (Lipinski definition) is 2. The molecule has 0 spiro atoms. The molecule has 7 nitrogen and oxygen atoms in total. The normalized spacial score (nSPS) is 22.1. The summed E-state index contributed by atoms with van der Waals surface area (Å²) in [7, 11) is -2.89. The molecule has 2 N–H and O–H groups in total. The predicted molar refractivity (Wildman–Crippen MR) is 154 cm³/mol. The van der Waals surface area contributed by atoms with Crippen LogP contribution in [-0.4, -0.2) is 31.6 Å². The number of anilines is 1. The number of ether oxygens (including phenoxy) is 1. The summed E-state index contributed by atoms with van der Waals surface area (Å²) in [4.78, 5) is 15.5. The largest absolute Gasteiger partial charge is 0.495 e. The zero-order valence-electron chi connectivity index (χ0n) is 23.5. The fourth-order valence-corrected chi connectivity index (χ4v) is 7.57. The van der Waals surface area contributed by atoms with Gasteiger partial charge in [0.2, 0.25) is 0 Å². The van der Waals surface area contributed by atoms with Crippen molar-refractivity contribution in [3.63, 3.8) is 0 Å². The second-order valence-electron chi connectivity index (χ2n) is 11.5. The summed E-state index contributed by atoms with van der Waals surface area (Å²) < 4.78 is 47.7. The van der Waals surface area contributed by atoms with Gasteiger partial charge in [-0.1, -0.05) is 83.1 Å². The molecule has 0 saturated heterocycles. The third-order valence-electron chi connectivity index (χ3n) is 8.85. The quantitative estimate of drug-likeness (QED) is 0.348. The minimum atomic E-state index is -4.15. The number of carboxylic acids is 1. The van der Waals surface area contributed by atoms with Crippen molar-refractivity contribution in [1.29, 1.82) is 0 Å². The Balaban J connectivity index is 1.43. The third-order valence-corrected chi connectivity index (χ3v) is 10.1. The molecule has 2 aliphatic rings. The topological polar surface area (TPSA) is 106 Å². The second kappa shape index (κ2) is 14.3.